The number of aromatic nitrogens is 2. The summed E-state index contributed by atoms with van der Waals surface area (Å²) in [6.07, 6.45) is 0. The molecule has 15 heavy (non-hydrogen) atoms. The number of hydrogen-bond donors (Lipinski definition) is 2. The van der Waals surface area contributed by atoms with E-state index in [2.05, 4.69) is 9.97 Å². The molecule has 0 atom stereocenters. The zero-order valence-electron chi connectivity index (χ0n) is 8.48. The third-order valence-electron chi connectivity index (χ3n) is 2.14. The number of aromatic hydroxyl groups is 1. The SMILES string of the molecule is COc1cc2c(N)nc(C)nc2cc1O. The van der Waals surface area contributed by atoms with E-state index < -0.39 is 0 Å². The van der Waals surface area contributed by atoms with Crippen LogP contribution in [0, 0.1) is 6.92 Å². The minimum Gasteiger partial charge on any atom is -0.504 e. The van der Waals surface area contributed by atoms with Crippen LogP contribution in [0.1, 0.15) is 5.82 Å². The number of rotatable bonds is 1. The first-order chi connectivity index (χ1) is 7.11. The van der Waals surface area contributed by atoms with Crippen LogP contribution in [0.5, 0.6) is 11.5 Å². The monoisotopic (exact) mass is 205 g/mol. The number of anilines is 1. The predicted octanol–water partition coefficient (Wildman–Crippen LogP) is 1.23. The van der Waals surface area contributed by atoms with Crippen LogP contribution >= 0.6 is 0 Å². The number of phenolic OH excluding ortho intramolecular Hbond substituents is 1. The van der Waals surface area contributed by atoms with Gasteiger partial charge in [0.05, 0.1) is 12.6 Å². The largest absolute Gasteiger partial charge is 0.504 e. The summed E-state index contributed by atoms with van der Waals surface area (Å²) in [4.78, 5) is 8.20. The van der Waals surface area contributed by atoms with Crippen LogP contribution in [0.3, 0.4) is 0 Å². The second kappa shape index (κ2) is 3.27. The van der Waals surface area contributed by atoms with Gasteiger partial charge in [-0.2, -0.15) is 0 Å². The molecular formula is C10H11N3O2. The van der Waals surface area contributed by atoms with E-state index in [1.807, 2.05) is 0 Å². The van der Waals surface area contributed by atoms with Crippen molar-refractivity contribution < 1.29 is 9.84 Å². The second-order valence-electron chi connectivity index (χ2n) is 3.20. The highest BCUT2D eigenvalue weighted by molar-refractivity contribution is 5.90. The summed E-state index contributed by atoms with van der Waals surface area (Å²) in [6, 6.07) is 3.14. The van der Waals surface area contributed by atoms with Crippen molar-refractivity contribution in [3.05, 3.63) is 18.0 Å². The van der Waals surface area contributed by atoms with Gasteiger partial charge in [0, 0.05) is 11.5 Å². The Morgan fingerprint density at radius 1 is 1.33 bits per heavy atom. The van der Waals surface area contributed by atoms with Crippen molar-refractivity contribution in [3.8, 4) is 11.5 Å². The fourth-order valence-corrected chi connectivity index (χ4v) is 1.45. The Hall–Kier alpha value is -2.04. The van der Waals surface area contributed by atoms with Gasteiger partial charge in [-0.05, 0) is 13.0 Å². The van der Waals surface area contributed by atoms with E-state index in [1.165, 1.54) is 13.2 Å². The highest BCUT2D eigenvalue weighted by Crippen LogP contribution is 2.32. The minimum absolute atomic E-state index is 0.0440. The first kappa shape index (κ1) is 9.51. The molecule has 2 aromatic rings. The molecule has 1 aromatic heterocycles. The van der Waals surface area contributed by atoms with Gasteiger partial charge in [-0.15, -0.1) is 0 Å². The van der Waals surface area contributed by atoms with Gasteiger partial charge < -0.3 is 15.6 Å². The summed E-state index contributed by atoms with van der Waals surface area (Å²) in [7, 11) is 1.48. The molecule has 0 aliphatic heterocycles. The molecule has 5 nitrogen and oxygen atoms in total. The lowest BCUT2D eigenvalue weighted by molar-refractivity contribution is 0.374. The van der Waals surface area contributed by atoms with Gasteiger partial charge >= 0.3 is 0 Å². The molecule has 1 heterocycles. The fraction of sp³-hybridized carbons (Fsp3) is 0.200. The van der Waals surface area contributed by atoms with E-state index in [4.69, 9.17) is 10.5 Å². The highest BCUT2D eigenvalue weighted by atomic mass is 16.5. The molecule has 0 aliphatic carbocycles. The lowest BCUT2D eigenvalue weighted by atomic mass is 10.2. The normalized spacial score (nSPS) is 10.5. The van der Waals surface area contributed by atoms with Crippen LogP contribution in [-0.2, 0) is 0 Å². The molecule has 0 saturated carbocycles. The maximum atomic E-state index is 9.56. The molecule has 3 N–H and O–H groups in total. The number of ether oxygens (including phenoxy) is 1. The first-order valence-corrected chi connectivity index (χ1v) is 4.42. The molecule has 78 valence electrons. The number of fused-ring (bicyclic) bond motifs is 1. The van der Waals surface area contributed by atoms with Crippen molar-refractivity contribution in [1.82, 2.24) is 9.97 Å². The Balaban J connectivity index is 2.81. The average Bonchev–Trinajstić information content (AvgIpc) is 2.16. The smallest absolute Gasteiger partial charge is 0.161 e. The van der Waals surface area contributed by atoms with Gasteiger partial charge in [-0.25, -0.2) is 9.97 Å². The van der Waals surface area contributed by atoms with Gasteiger partial charge in [0.25, 0.3) is 0 Å². The molecule has 1 aromatic carbocycles. The number of benzene rings is 1. The molecule has 0 spiro atoms. The minimum atomic E-state index is 0.0440. The van der Waals surface area contributed by atoms with Gasteiger partial charge in [0.15, 0.2) is 11.5 Å². The molecule has 2 rings (SSSR count). The number of nitrogens with zero attached hydrogens (tertiary/aromatic N) is 2. The van der Waals surface area contributed by atoms with Crippen molar-refractivity contribution in [2.45, 2.75) is 6.92 Å². The van der Waals surface area contributed by atoms with Gasteiger partial charge in [0.1, 0.15) is 11.6 Å². The first-order valence-electron chi connectivity index (χ1n) is 4.42. The summed E-state index contributed by atoms with van der Waals surface area (Å²) >= 11 is 0. The summed E-state index contributed by atoms with van der Waals surface area (Å²) in [5, 5.41) is 10.2. The highest BCUT2D eigenvalue weighted by Gasteiger charge is 2.08. The second-order valence-corrected chi connectivity index (χ2v) is 3.20. The molecule has 0 aliphatic rings. The lowest BCUT2D eigenvalue weighted by Crippen LogP contribution is -1.97. The van der Waals surface area contributed by atoms with E-state index >= 15 is 0 Å². The summed E-state index contributed by atoms with van der Waals surface area (Å²) in [5.74, 6) is 1.37. The van der Waals surface area contributed by atoms with Gasteiger partial charge in [0.2, 0.25) is 0 Å². The predicted molar refractivity (Wildman–Crippen MR) is 56.9 cm³/mol. The van der Waals surface area contributed by atoms with E-state index in [0.29, 0.717) is 28.3 Å². The number of aryl methyl sites for hydroxylation is 1. The fourth-order valence-electron chi connectivity index (χ4n) is 1.45. The zero-order valence-corrected chi connectivity index (χ0v) is 8.48. The Morgan fingerprint density at radius 2 is 2.07 bits per heavy atom. The molecule has 0 unspecified atom stereocenters. The Bertz CT molecular complexity index is 526. The third-order valence-corrected chi connectivity index (χ3v) is 2.14. The maximum absolute atomic E-state index is 9.56. The summed E-state index contributed by atoms with van der Waals surface area (Å²) in [5.41, 5.74) is 6.35. The quantitative estimate of drug-likeness (QED) is 0.731. The van der Waals surface area contributed by atoms with Crippen LogP contribution < -0.4 is 10.5 Å². The average molecular weight is 205 g/mol. The lowest BCUT2D eigenvalue weighted by Gasteiger charge is -2.07. The van der Waals surface area contributed by atoms with E-state index in [-0.39, 0.29) is 5.75 Å². The molecule has 0 fully saturated rings. The topological polar surface area (TPSA) is 81.3 Å². The van der Waals surface area contributed by atoms with Crippen LogP contribution in [0.4, 0.5) is 5.82 Å². The van der Waals surface area contributed by atoms with Gasteiger partial charge in [-0.1, -0.05) is 0 Å². The van der Waals surface area contributed by atoms with E-state index in [1.54, 1.807) is 13.0 Å². The van der Waals surface area contributed by atoms with Crippen LogP contribution in [0.15, 0.2) is 12.1 Å². The Labute approximate surface area is 86.5 Å². The maximum Gasteiger partial charge on any atom is 0.161 e. The van der Waals surface area contributed by atoms with Crippen molar-refractivity contribution in [2.75, 3.05) is 12.8 Å². The van der Waals surface area contributed by atoms with Crippen molar-refractivity contribution in [2.24, 2.45) is 0 Å². The Kier molecular flexibility index (Phi) is 2.07. The number of methoxy groups -OCH3 is 1. The summed E-state index contributed by atoms with van der Waals surface area (Å²) < 4.78 is 4.98. The molecular weight excluding hydrogens is 194 g/mol. The van der Waals surface area contributed by atoms with E-state index in [9.17, 15) is 5.11 Å². The Morgan fingerprint density at radius 3 is 2.73 bits per heavy atom. The van der Waals surface area contributed by atoms with Crippen LogP contribution in [-0.4, -0.2) is 22.2 Å². The van der Waals surface area contributed by atoms with E-state index in [0.717, 1.165) is 0 Å². The number of phenols is 1. The number of hydrogen-bond acceptors (Lipinski definition) is 5. The van der Waals surface area contributed by atoms with Crippen molar-refractivity contribution in [1.29, 1.82) is 0 Å². The molecule has 0 saturated heterocycles. The number of nitrogens with two attached hydrogens (primary N) is 1. The third kappa shape index (κ3) is 1.52. The molecule has 5 heteroatoms. The van der Waals surface area contributed by atoms with Crippen LogP contribution in [0.25, 0.3) is 10.9 Å². The van der Waals surface area contributed by atoms with Crippen LogP contribution in [0.2, 0.25) is 0 Å². The molecule has 0 radical (unpaired) electrons. The molecule has 0 bridgehead atoms. The van der Waals surface area contributed by atoms with Crippen molar-refractivity contribution >= 4 is 16.7 Å². The standard InChI is InChI=1S/C10H11N3O2/c1-5-12-7-4-8(14)9(15-2)3-6(7)10(11)13-5/h3-4,14H,1-2H3,(H2,11,12,13). The van der Waals surface area contributed by atoms with Gasteiger partial charge in [-0.3, -0.25) is 0 Å². The van der Waals surface area contributed by atoms with Crippen molar-refractivity contribution in [3.63, 3.8) is 0 Å². The summed E-state index contributed by atoms with van der Waals surface area (Å²) in [6.45, 7) is 1.75. The zero-order chi connectivity index (χ0) is 11.0. The molecule has 0 amide bonds. The number of nitrogen functional groups attached to an aromatic ring is 1.